The van der Waals surface area contributed by atoms with Gasteiger partial charge >= 0.3 is 0 Å². The molecule has 1 aromatic carbocycles. The highest BCUT2D eigenvalue weighted by atomic mass is 35.5. The molecule has 8 heteroatoms. The first kappa shape index (κ1) is 16.3. The molecule has 2 aromatic heterocycles. The molecule has 0 saturated carbocycles. The molecule has 0 aliphatic rings. The van der Waals surface area contributed by atoms with Crippen molar-refractivity contribution in [3.63, 3.8) is 0 Å². The molecule has 0 aliphatic heterocycles. The van der Waals surface area contributed by atoms with E-state index in [1.165, 1.54) is 11.8 Å². The van der Waals surface area contributed by atoms with E-state index in [1.807, 2.05) is 43.3 Å². The van der Waals surface area contributed by atoms with E-state index in [-0.39, 0.29) is 21.8 Å². The molecule has 0 saturated heterocycles. The second-order valence-electron chi connectivity index (χ2n) is 4.76. The molecule has 0 fully saturated rings. The summed E-state index contributed by atoms with van der Waals surface area (Å²) in [6, 6.07) is 11.2. The van der Waals surface area contributed by atoms with Crippen LogP contribution in [0.5, 0.6) is 0 Å². The Hall–Kier alpha value is -2.56. The van der Waals surface area contributed by atoms with Gasteiger partial charge in [0.05, 0.1) is 5.02 Å². The molecule has 0 N–H and O–H groups in total. The molecule has 0 bridgehead atoms. The standard InChI is InChI=1S/C16H11ClN4O2S/c1-2-24-16-19-21-14(20(16)10-6-4-3-5-7-10)11(8-18)13(17)12(9-22)15(21)23/h3-7,9H,2H2,1H3. The number of fused-ring (bicyclic) bond motifs is 1. The summed E-state index contributed by atoms with van der Waals surface area (Å²) in [5.74, 6) is 0.723. The third-order valence-corrected chi connectivity index (χ3v) is 4.61. The first-order valence-corrected chi connectivity index (χ1v) is 8.41. The minimum Gasteiger partial charge on any atom is -0.298 e. The monoisotopic (exact) mass is 358 g/mol. The fourth-order valence-electron chi connectivity index (χ4n) is 2.40. The van der Waals surface area contributed by atoms with Crippen LogP contribution in [-0.4, -0.2) is 26.2 Å². The van der Waals surface area contributed by atoms with E-state index < -0.39 is 5.56 Å². The van der Waals surface area contributed by atoms with Gasteiger partial charge in [0.25, 0.3) is 5.56 Å². The third-order valence-electron chi connectivity index (χ3n) is 3.41. The lowest BCUT2D eigenvalue weighted by atomic mass is 10.2. The molecule has 0 amide bonds. The molecule has 3 aromatic rings. The molecule has 0 atom stereocenters. The van der Waals surface area contributed by atoms with Crippen LogP contribution in [0.3, 0.4) is 0 Å². The lowest BCUT2D eigenvalue weighted by molar-refractivity contribution is 0.112. The highest BCUT2D eigenvalue weighted by molar-refractivity contribution is 7.99. The van der Waals surface area contributed by atoms with Gasteiger partial charge in [-0.25, -0.2) is 0 Å². The van der Waals surface area contributed by atoms with Crippen molar-refractivity contribution >= 4 is 35.3 Å². The number of aldehydes is 1. The van der Waals surface area contributed by atoms with Crippen molar-refractivity contribution in [2.45, 2.75) is 12.1 Å². The molecular weight excluding hydrogens is 348 g/mol. The van der Waals surface area contributed by atoms with E-state index in [0.717, 1.165) is 16.0 Å². The van der Waals surface area contributed by atoms with Gasteiger partial charge in [-0.15, -0.1) is 5.10 Å². The van der Waals surface area contributed by atoms with E-state index in [1.54, 1.807) is 4.57 Å². The quantitative estimate of drug-likeness (QED) is 0.529. The average Bonchev–Trinajstić information content (AvgIpc) is 2.96. The van der Waals surface area contributed by atoms with Gasteiger partial charge in [0.15, 0.2) is 17.1 Å². The number of rotatable bonds is 4. The van der Waals surface area contributed by atoms with Crippen LogP contribution in [0.15, 0.2) is 40.3 Å². The van der Waals surface area contributed by atoms with Crippen LogP contribution in [0.1, 0.15) is 22.8 Å². The number of hydrogen-bond acceptors (Lipinski definition) is 5. The minimum absolute atomic E-state index is 0.0395. The summed E-state index contributed by atoms with van der Waals surface area (Å²) < 4.78 is 2.77. The largest absolute Gasteiger partial charge is 0.298 e. The lowest BCUT2D eigenvalue weighted by Crippen LogP contribution is -2.21. The first-order chi connectivity index (χ1) is 11.6. The summed E-state index contributed by atoms with van der Waals surface area (Å²) in [7, 11) is 0. The Morgan fingerprint density at radius 2 is 2.08 bits per heavy atom. The molecule has 120 valence electrons. The molecule has 0 spiro atoms. The SMILES string of the molecule is CCSc1nn2c(=O)c(C=O)c(Cl)c(C#N)c2n1-c1ccccc1. The van der Waals surface area contributed by atoms with Gasteiger partial charge in [0.1, 0.15) is 17.2 Å². The number of halogens is 1. The lowest BCUT2D eigenvalue weighted by Gasteiger charge is -2.09. The summed E-state index contributed by atoms with van der Waals surface area (Å²) in [6.45, 7) is 1.96. The number of carbonyl (C=O) groups is 1. The predicted molar refractivity (Wildman–Crippen MR) is 92.3 cm³/mol. The molecule has 2 heterocycles. The molecule has 0 unspecified atom stereocenters. The average molecular weight is 359 g/mol. The zero-order valence-corrected chi connectivity index (χ0v) is 14.1. The zero-order chi connectivity index (χ0) is 17.3. The maximum absolute atomic E-state index is 12.5. The Bertz CT molecular complexity index is 1030. The summed E-state index contributed by atoms with van der Waals surface area (Å²) in [6.07, 6.45) is 0.353. The Kier molecular flexibility index (Phi) is 4.42. The number of nitriles is 1. The fraction of sp³-hybridized carbons (Fsp3) is 0.125. The van der Waals surface area contributed by atoms with E-state index in [4.69, 9.17) is 11.6 Å². The van der Waals surface area contributed by atoms with E-state index in [0.29, 0.717) is 11.4 Å². The van der Waals surface area contributed by atoms with Gasteiger partial charge in [0.2, 0.25) is 0 Å². The number of carbonyl (C=O) groups excluding carboxylic acids is 1. The number of aromatic nitrogens is 3. The van der Waals surface area contributed by atoms with Crippen molar-refractivity contribution < 1.29 is 4.79 Å². The molecule has 24 heavy (non-hydrogen) atoms. The molecule has 0 aliphatic carbocycles. The predicted octanol–water partition coefficient (Wildman–Crippen LogP) is 2.93. The summed E-state index contributed by atoms with van der Waals surface area (Å²) in [4.78, 5) is 23.7. The van der Waals surface area contributed by atoms with Crippen LogP contribution in [-0.2, 0) is 0 Å². The van der Waals surface area contributed by atoms with E-state index in [2.05, 4.69) is 5.10 Å². The second-order valence-corrected chi connectivity index (χ2v) is 6.37. The van der Waals surface area contributed by atoms with Crippen molar-refractivity contribution in [1.82, 2.24) is 14.2 Å². The maximum atomic E-state index is 12.5. The van der Waals surface area contributed by atoms with Crippen molar-refractivity contribution in [1.29, 1.82) is 5.26 Å². The zero-order valence-electron chi connectivity index (χ0n) is 12.6. The number of thioether (sulfide) groups is 1. The highest BCUT2D eigenvalue weighted by Gasteiger charge is 2.23. The third kappa shape index (κ3) is 2.40. The van der Waals surface area contributed by atoms with Crippen LogP contribution in [0.25, 0.3) is 11.3 Å². The van der Waals surface area contributed by atoms with Crippen molar-refractivity contribution in [3.05, 3.63) is 56.8 Å². The van der Waals surface area contributed by atoms with E-state index >= 15 is 0 Å². The van der Waals surface area contributed by atoms with Gasteiger partial charge in [0, 0.05) is 5.69 Å². The minimum atomic E-state index is -0.642. The van der Waals surface area contributed by atoms with Crippen LogP contribution in [0.2, 0.25) is 5.02 Å². The fourth-order valence-corrected chi connectivity index (χ4v) is 3.37. The smallest absolute Gasteiger partial charge is 0.285 e. The number of para-hydroxylation sites is 1. The van der Waals surface area contributed by atoms with Crippen molar-refractivity contribution in [2.75, 3.05) is 5.75 Å². The van der Waals surface area contributed by atoms with Crippen LogP contribution < -0.4 is 5.56 Å². The van der Waals surface area contributed by atoms with Gasteiger partial charge in [-0.1, -0.05) is 48.5 Å². The number of benzene rings is 1. The van der Waals surface area contributed by atoms with Crippen LogP contribution in [0.4, 0.5) is 0 Å². The first-order valence-electron chi connectivity index (χ1n) is 7.04. The topological polar surface area (TPSA) is 80.2 Å². The molecular formula is C16H11ClN4O2S. The molecule has 3 rings (SSSR count). The Morgan fingerprint density at radius 1 is 1.38 bits per heavy atom. The van der Waals surface area contributed by atoms with Gasteiger partial charge in [-0.3, -0.25) is 14.2 Å². The number of hydrogen-bond donors (Lipinski definition) is 0. The van der Waals surface area contributed by atoms with Gasteiger partial charge < -0.3 is 0 Å². The Morgan fingerprint density at radius 3 is 2.67 bits per heavy atom. The van der Waals surface area contributed by atoms with Gasteiger partial charge in [-0.05, 0) is 17.9 Å². The van der Waals surface area contributed by atoms with Crippen molar-refractivity contribution in [3.8, 4) is 11.8 Å². The summed E-state index contributed by atoms with van der Waals surface area (Å²) >= 11 is 7.55. The van der Waals surface area contributed by atoms with Gasteiger partial charge in [-0.2, -0.15) is 9.78 Å². The number of nitrogens with zero attached hydrogens (tertiary/aromatic N) is 4. The Balaban J connectivity index is 2.55. The van der Waals surface area contributed by atoms with Crippen molar-refractivity contribution in [2.24, 2.45) is 0 Å². The highest BCUT2D eigenvalue weighted by Crippen LogP contribution is 2.28. The Labute approximate surface area is 146 Å². The van der Waals surface area contributed by atoms with Crippen LogP contribution in [0, 0.1) is 11.3 Å². The van der Waals surface area contributed by atoms with E-state index in [9.17, 15) is 14.9 Å². The molecule has 0 radical (unpaired) electrons. The maximum Gasteiger partial charge on any atom is 0.285 e. The normalized spacial score (nSPS) is 10.7. The summed E-state index contributed by atoms with van der Waals surface area (Å²) in [5, 5.41) is 14.2. The van der Waals surface area contributed by atoms with Crippen LogP contribution >= 0.6 is 23.4 Å². The second kappa shape index (κ2) is 6.51. The summed E-state index contributed by atoms with van der Waals surface area (Å²) in [5.41, 5.74) is 0.125. The molecule has 6 nitrogen and oxygen atoms in total. The number of pyridine rings is 1.